The van der Waals surface area contributed by atoms with E-state index in [1.165, 1.54) is 11.1 Å². The first-order valence-corrected chi connectivity index (χ1v) is 7.13. The quantitative estimate of drug-likeness (QED) is 0.856. The molecular weight excluding hydrogens is 246 g/mol. The highest BCUT2D eigenvalue weighted by Crippen LogP contribution is 2.20. The first-order chi connectivity index (χ1) is 9.70. The lowest BCUT2D eigenvalue weighted by Gasteiger charge is -2.21. The van der Waals surface area contributed by atoms with Crippen LogP contribution in [0.1, 0.15) is 31.0 Å². The van der Waals surface area contributed by atoms with Crippen molar-refractivity contribution in [1.82, 2.24) is 5.32 Å². The van der Waals surface area contributed by atoms with Crippen LogP contribution in [0.3, 0.4) is 0 Å². The molecule has 1 N–H and O–H groups in total. The van der Waals surface area contributed by atoms with Gasteiger partial charge >= 0.3 is 0 Å². The number of hydrogen-bond acceptors (Lipinski definition) is 2. The summed E-state index contributed by atoms with van der Waals surface area (Å²) >= 11 is 0. The zero-order valence-corrected chi connectivity index (χ0v) is 12.5. The topological polar surface area (TPSA) is 21.3 Å². The van der Waals surface area contributed by atoms with E-state index < -0.39 is 0 Å². The molecule has 106 valence electrons. The van der Waals surface area contributed by atoms with Crippen molar-refractivity contribution >= 4 is 0 Å². The maximum atomic E-state index is 5.41. The van der Waals surface area contributed by atoms with E-state index in [1.807, 2.05) is 12.1 Å². The van der Waals surface area contributed by atoms with Gasteiger partial charge in [-0.2, -0.15) is 0 Å². The van der Waals surface area contributed by atoms with Crippen LogP contribution in [0.5, 0.6) is 5.75 Å². The van der Waals surface area contributed by atoms with Crippen LogP contribution in [0.2, 0.25) is 0 Å². The van der Waals surface area contributed by atoms with E-state index in [9.17, 15) is 0 Å². The Morgan fingerprint density at radius 3 is 2.30 bits per heavy atom. The van der Waals surface area contributed by atoms with Crippen molar-refractivity contribution in [2.75, 3.05) is 7.11 Å². The zero-order chi connectivity index (χ0) is 14.4. The van der Waals surface area contributed by atoms with E-state index >= 15 is 0 Å². The molecule has 0 bridgehead atoms. The molecule has 2 nitrogen and oxygen atoms in total. The molecule has 2 aromatic carbocycles. The summed E-state index contributed by atoms with van der Waals surface area (Å²) in [6.07, 6.45) is 0.960. The summed E-state index contributed by atoms with van der Waals surface area (Å²) in [7, 11) is 1.73. The van der Waals surface area contributed by atoms with E-state index in [-0.39, 0.29) is 0 Å². The van der Waals surface area contributed by atoms with Crippen LogP contribution in [0.25, 0.3) is 0 Å². The molecule has 0 aromatic heterocycles. The van der Waals surface area contributed by atoms with Gasteiger partial charge in [0.2, 0.25) is 0 Å². The Bertz CT molecular complexity index is 524. The Kier molecular flexibility index (Phi) is 5.19. The van der Waals surface area contributed by atoms with Gasteiger partial charge in [0, 0.05) is 12.1 Å². The Hall–Kier alpha value is -1.80. The average Bonchev–Trinajstić information content (AvgIpc) is 2.48. The summed E-state index contributed by atoms with van der Waals surface area (Å²) in [5, 5.41) is 3.64. The highest BCUT2D eigenvalue weighted by molar-refractivity contribution is 5.33. The molecule has 0 aliphatic heterocycles. The molecule has 2 aromatic rings. The van der Waals surface area contributed by atoms with Crippen molar-refractivity contribution in [2.24, 2.45) is 0 Å². The standard InChI is InChI=1S/C18H23NO/c1-14(13-17-11-7-8-12-18(17)20-3)19-15(2)16-9-5-4-6-10-16/h4-12,14-15,19H,13H2,1-3H3/t14-,15-/m1/s1. The minimum absolute atomic E-state index is 0.348. The molecule has 0 aliphatic carbocycles. The predicted molar refractivity (Wildman–Crippen MR) is 84.2 cm³/mol. The van der Waals surface area contributed by atoms with E-state index in [0.29, 0.717) is 12.1 Å². The molecule has 0 unspecified atom stereocenters. The predicted octanol–water partition coefficient (Wildman–Crippen LogP) is 3.98. The van der Waals surface area contributed by atoms with Crippen LogP contribution < -0.4 is 10.1 Å². The summed E-state index contributed by atoms with van der Waals surface area (Å²) in [4.78, 5) is 0. The molecule has 0 heterocycles. The number of rotatable bonds is 6. The molecule has 2 heteroatoms. The lowest BCUT2D eigenvalue weighted by Crippen LogP contribution is -2.30. The van der Waals surface area contributed by atoms with E-state index in [4.69, 9.17) is 4.74 Å². The molecule has 0 saturated heterocycles. The largest absolute Gasteiger partial charge is 0.496 e. The molecule has 2 atom stereocenters. The van der Waals surface area contributed by atoms with Crippen LogP contribution in [0.15, 0.2) is 54.6 Å². The summed E-state index contributed by atoms with van der Waals surface area (Å²) in [6, 6.07) is 19.5. The number of para-hydroxylation sites is 1. The van der Waals surface area contributed by atoms with Gasteiger partial charge in [-0.25, -0.2) is 0 Å². The lowest BCUT2D eigenvalue weighted by molar-refractivity contribution is 0.403. The van der Waals surface area contributed by atoms with Crippen LogP contribution in [0.4, 0.5) is 0 Å². The molecular formula is C18H23NO. The molecule has 0 saturated carbocycles. The van der Waals surface area contributed by atoms with Crippen molar-refractivity contribution in [3.05, 3.63) is 65.7 Å². The minimum Gasteiger partial charge on any atom is -0.496 e. The smallest absolute Gasteiger partial charge is 0.122 e. The summed E-state index contributed by atoms with van der Waals surface area (Å²) in [5.41, 5.74) is 2.56. The SMILES string of the molecule is COc1ccccc1C[C@@H](C)N[C@H](C)c1ccccc1. The van der Waals surface area contributed by atoms with Crippen LogP contribution in [0, 0.1) is 0 Å². The van der Waals surface area contributed by atoms with Crippen LogP contribution in [-0.4, -0.2) is 13.2 Å². The van der Waals surface area contributed by atoms with E-state index in [1.54, 1.807) is 7.11 Å². The second kappa shape index (κ2) is 7.11. The van der Waals surface area contributed by atoms with Crippen LogP contribution in [-0.2, 0) is 6.42 Å². The highest BCUT2D eigenvalue weighted by Gasteiger charge is 2.11. The minimum atomic E-state index is 0.348. The number of ether oxygens (including phenoxy) is 1. The number of nitrogens with one attached hydrogen (secondary N) is 1. The fourth-order valence-electron chi connectivity index (χ4n) is 2.53. The molecule has 2 rings (SSSR count). The van der Waals surface area contributed by atoms with Gasteiger partial charge in [-0.1, -0.05) is 48.5 Å². The van der Waals surface area contributed by atoms with Gasteiger partial charge in [0.1, 0.15) is 5.75 Å². The van der Waals surface area contributed by atoms with Gasteiger partial charge in [-0.05, 0) is 37.5 Å². The number of benzene rings is 2. The number of hydrogen-bond donors (Lipinski definition) is 1. The fourth-order valence-corrected chi connectivity index (χ4v) is 2.53. The molecule has 0 aliphatic rings. The summed E-state index contributed by atoms with van der Waals surface area (Å²) < 4.78 is 5.41. The molecule has 20 heavy (non-hydrogen) atoms. The Balaban J connectivity index is 1.97. The first-order valence-electron chi connectivity index (χ1n) is 7.13. The van der Waals surface area contributed by atoms with Crippen molar-refractivity contribution < 1.29 is 4.74 Å². The fraction of sp³-hybridized carbons (Fsp3) is 0.333. The third-order valence-corrected chi connectivity index (χ3v) is 3.55. The molecule has 0 spiro atoms. The molecule has 0 radical (unpaired) electrons. The van der Waals surface area contributed by atoms with E-state index in [2.05, 4.69) is 61.6 Å². The maximum absolute atomic E-state index is 5.41. The molecule has 0 amide bonds. The second-order valence-corrected chi connectivity index (χ2v) is 5.22. The second-order valence-electron chi connectivity index (χ2n) is 5.22. The average molecular weight is 269 g/mol. The van der Waals surface area contributed by atoms with E-state index in [0.717, 1.165) is 12.2 Å². The Morgan fingerprint density at radius 2 is 1.60 bits per heavy atom. The van der Waals surface area contributed by atoms with Gasteiger partial charge in [0.15, 0.2) is 0 Å². The maximum Gasteiger partial charge on any atom is 0.122 e. The third kappa shape index (κ3) is 3.84. The van der Waals surface area contributed by atoms with Crippen molar-refractivity contribution in [1.29, 1.82) is 0 Å². The highest BCUT2D eigenvalue weighted by atomic mass is 16.5. The van der Waals surface area contributed by atoms with Crippen LogP contribution >= 0.6 is 0 Å². The Labute approximate surface area is 121 Å². The first kappa shape index (κ1) is 14.6. The van der Waals surface area contributed by atoms with Gasteiger partial charge in [0.25, 0.3) is 0 Å². The van der Waals surface area contributed by atoms with Gasteiger partial charge in [-0.3, -0.25) is 0 Å². The van der Waals surface area contributed by atoms with Gasteiger partial charge in [-0.15, -0.1) is 0 Å². The monoisotopic (exact) mass is 269 g/mol. The van der Waals surface area contributed by atoms with Crippen molar-refractivity contribution in [3.8, 4) is 5.75 Å². The lowest BCUT2D eigenvalue weighted by atomic mass is 10.0. The normalized spacial score (nSPS) is 13.8. The van der Waals surface area contributed by atoms with Crippen molar-refractivity contribution in [2.45, 2.75) is 32.4 Å². The Morgan fingerprint density at radius 1 is 0.950 bits per heavy atom. The third-order valence-electron chi connectivity index (χ3n) is 3.55. The zero-order valence-electron chi connectivity index (χ0n) is 12.5. The summed E-state index contributed by atoms with van der Waals surface area (Å²) in [6.45, 7) is 4.42. The van der Waals surface area contributed by atoms with Crippen molar-refractivity contribution in [3.63, 3.8) is 0 Å². The molecule has 0 fully saturated rings. The van der Waals surface area contributed by atoms with Gasteiger partial charge < -0.3 is 10.1 Å². The van der Waals surface area contributed by atoms with Gasteiger partial charge in [0.05, 0.1) is 7.11 Å². The summed E-state index contributed by atoms with van der Waals surface area (Å²) in [5.74, 6) is 0.966. The number of methoxy groups -OCH3 is 1.